The van der Waals surface area contributed by atoms with Crippen LogP contribution in [0.1, 0.15) is 12.5 Å². The Bertz CT molecular complexity index is 524. The van der Waals surface area contributed by atoms with Crippen LogP contribution in [-0.4, -0.2) is 39.3 Å². The summed E-state index contributed by atoms with van der Waals surface area (Å²) < 4.78 is 31.2. The highest BCUT2D eigenvalue weighted by molar-refractivity contribution is 7.89. The van der Waals surface area contributed by atoms with Gasteiger partial charge in [0.2, 0.25) is 10.0 Å². The summed E-state index contributed by atoms with van der Waals surface area (Å²) in [4.78, 5) is 10.6. The molecule has 0 saturated heterocycles. The molecular weight excluding hydrogens is 270 g/mol. The molecule has 1 unspecified atom stereocenters. The zero-order valence-electron chi connectivity index (χ0n) is 10.8. The lowest BCUT2D eigenvalue weighted by molar-refractivity contribution is -0.136. The van der Waals surface area contributed by atoms with Crippen molar-refractivity contribution in [2.24, 2.45) is 0 Å². The molecule has 1 rings (SSSR count). The summed E-state index contributed by atoms with van der Waals surface area (Å²) in [6.45, 7) is 1.92. The van der Waals surface area contributed by atoms with Gasteiger partial charge in [0, 0.05) is 13.7 Å². The first kappa shape index (κ1) is 15.6. The first-order valence-electron chi connectivity index (χ1n) is 5.68. The van der Waals surface area contributed by atoms with E-state index >= 15 is 0 Å². The van der Waals surface area contributed by atoms with Crippen molar-refractivity contribution in [1.82, 2.24) is 4.72 Å². The molecule has 0 amide bonds. The number of sulfonamides is 1. The highest BCUT2D eigenvalue weighted by Crippen LogP contribution is 2.11. The molecule has 0 aliphatic rings. The first-order valence-corrected chi connectivity index (χ1v) is 7.16. The number of carboxylic acid groups (broad SMARTS) is 1. The van der Waals surface area contributed by atoms with Gasteiger partial charge < -0.3 is 9.84 Å². The van der Waals surface area contributed by atoms with Crippen LogP contribution in [0.2, 0.25) is 0 Å². The Morgan fingerprint density at radius 3 is 2.42 bits per heavy atom. The summed E-state index contributed by atoms with van der Waals surface area (Å²) >= 11 is 0. The summed E-state index contributed by atoms with van der Waals surface area (Å²) in [5, 5.41) is 8.62. The van der Waals surface area contributed by atoms with Crippen LogP contribution in [0.5, 0.6) is 0 Å². The van der Waals surface area contributed by atoms with Crippen LogP contribution in [-0.2, 0) is 26.0 Å². The van der Waals surface area contributed by atoms with E-state index in [1.165, 1.54) is 31.4 Å². The Hall–Kier alpha value is -1.44. The van der Waals surface area contributed by atoms with Crippen molar-refractivity contribution in [3.63, 3.8) is 0 Å². The summed E-state index contributed by atoms with van der Waals surface area (Å²) in [6, 6.07) is 5.75. The molecule has 1 aromatic rings. The normalized spacial score (nSPS) is 13.2. The first-order chi connectivity index (χ1) is 8.85. The molecule has 106 valence electrons. The molecule has 0 bridgehead atoms. The smallest absolute Gasteiger partial charge is 0.307 e. The molecule has 7 heteroatoms. The van der Waals surface area contributed by atoms with Crippen molar-refractivity contribution in [2.45, 2.75) is 24.3 Å². The fourth-order valence-corrected chi connectivity index (χ4v) is 2.47. The molecule has 0 fully saturated rings. The number of ether oxygens (including phenoxy) is 1. The highest BCUT2D eigenvalue weighted by atomic mass is 32.2. The van der Waals surface area contributed by atoms with E-state index in [9.17, 15) is 13.2 Å². The third-order valence-corrected chi connectivity index (χ3v) is 3.99. The SMILES string of the molecule is COC(C)CNS(=O)(=O)c1ccc(CC(=O)O)cc1. The molecule has 0 saturated carbocycles. The number of carbonyl (C=O) groups is 1. The van der Waals surface area contributed by atoms with E-state index in [-0.39, 0.29) is 24.0 Å². The number of nitrogens with one attached hydrogen (secondary N) is 1. The van der Waals surface area contributed by atoms with E-state index in [2.05, 4.69) is 4.72 Å². The topological polar surface area (TPSA) is 92.7 Å². The summed E-state index contributed by atoms with van der Waals surface area (Å²) in [5.74, 6) is -0.956. The van der Waals surface area contributed by atoms with Gasteiger partial charge in [0.05, 0.1) is 17.4 Å². The Labute approximate surface area is 112 Å². The van der Waals surface area contributed by atoms with Crippen molar-refractivity contribution in [3.8, 4) is 0 Å². The molecule has 2 N–H and O–H groups in total. The minimum absolute atomic E-state index is 0.102. The molecular formula is C12H17NO5S. The third kappa shape index (κ3) is 4.98. The second-order valence-corrected chi connectivity index (χ2v) is 5.88. The van der Waals surface area contributed by atoms with E-state index < -0.39 is 16.0 Å². The van der Waals surface area contributed by atoms with E-state index in [1.807, 2.05) is 0 Å². The maximum Gasteiger partial charge on any atom is 0.307 e. The molecule has 0 radical (unpaired) electrons. The lowest BCUT2D eigenvalue weighted by atomic mass is 10.2. The predicted octanol–water partition coefficient (Wildman–Crippen LogP) is 0.627. The van der Waals surface area contributed by atoms with Crippen LogP contribution < -0.4 is 4.72 Å². The second-order valence-electron chi connectivity index (χ2n) is 4.11. The van der Waals surface area contributed by atoms with E-state index in [0.717, 1.165) is 0 Å². The molecule has 0 heterocycles. The lowest BCUT2D eigenvalue weighted by Gasteiger charge is -2.11. The van der Waals surface area contributed by atoms with Gasteiger partial charge in [-0.15, -0.1) is 0 Å². The molecule has 19 heavy (non-hydrogen) atoms. The predicted molar refractivity (Wildman–Crippen MR) is 69.4 cm³/mol. The second kappa shape index (κ2) is 6.65. The van der Waals surface area contributed by atoms with E-state index in [4.69, 9.17) is 9.84 Å². The molecule has 0 aliphatic carbocycles. The van der Waals surface area contributed by atoms with Gasteiger partial charge in [-0.3, -0.25) is 4.79 Å². The largest absolute Gasteiger partial charge is 0.481 e. The average molecular weight is 287 g/mol. The van der Waals surface area contributed by atoms with Crippen LogP contribution in [0.25, 0.3) is 0 Å². The maximum absolute atomic E-state index is 11.9. The van der Waals surface area contributed by atoms with Gasteiger partial charge in [-0.1, -0.05) is 12.1 Å². The number of hydrogen-bond donors (Lipinski definition) is 2. The Balaban J connectivity index is 2.76. The minimum Gasteiger partial charge on any atom is -0.481 e. The van der Waals surface area contributed by atoms with E-state index in [1.54, 1.807) is 6.92 Å². The molecule has 1 aromatic carbocycles. The molecule has 0 aromatic heterocycles. The van der Waals surface area contributed by atoms with Crippen LogP contribution in [0, 0.1) is 0 Å². The van der Waals surface area contributed by atoms with Crippen molar-refractivity contribution in [1.29, 1.82) is 0 Å². The third-order valence-electron chi connectivity index (χ3n) is 2.55. The molecule has 1 atom stereocenters. The van der Waals surface area contributed by atoms with Gasteiger partial charge in [0.15, 0.2) is 0 Å². The molecule has 0 spiro atoms. The minimum atomic E-state index is -3.59. The van der Waals surface area contributed by atoms with Crippen LogP contribution in [0.4, 0.5) is 0 Å². The number of hydrogen-bond acceptors (Lipinski definition) is 4. The van der Waals surface area contributed by atoms with Crippen molar-refractivity contribution < 1.29 is 23.1 Å². The summed E-state index contributed by atoms with van der Waals surface area (Å²) in [7, 11) is -2.09. The number of carboxylic acids is 1. The van der Waals surface area contributed by atoms with Crippen LogP contribution in [0.15, 0.2) is 29.2 Å². The van der Waals surface area contributed by atoms with Gasteiger partial charge in [-0.2, -0.15) is 0 Å². The van der Waals surface area contributed by atoms with Gasteiger partial charge in [-0.25, -0.2) is 13.1 Å². The highest BCUT2D eigenvalue weighted by Gasteiger charge is 2.15. The standard InChI is InChI=1S/C12H17NO5S/c1-9(18-2)8-13-19(16,17)11-5-3-10(4-6-11)7-12(14)15/h3-6,9,13H,7-8H2,1-2H3,(H,14,15). The number of rotatable bonds is 7. The summed E-state index contributed by atoms with van der Waals surface area (Å²) in [6.07, 6.45) is -0.352. The van der Waals surface area contributed by atoms with E-state index in [0.29, 0.717) is 5.56 Å². The Morgan fingerprint density at radius 2 is 1.95 bits per heavy atom. The van der Waals surface area contributed by atoms with Crippen LogP contribution >= 0.6 is 0 Å². The Kier molecular flexibility index (Phi) is 5.46. The zero-order chi connectivity index (χ0) is 14.5. The van der Waals surface area contributed by atoms with Crippen molar-refractivity contribution in [2.75, 3.05) is 13.7 Å². The molecule has 0 aliphatic heterocycles. The number of benzene rings is 1. The fraction of sp³-hybridized carbons (Fsp3) is 0.417. The van der Waals surface area contributed by atoms with Gasteiger partial charge in [0.25, 0.3) is 0 Å². The van der Waals surface area contributed by atoms with Crippen molar-refractivity contribution in [3.05, 3.63) is 29.8 Å². The van der Waals surface area contributed by atoms with Crippen LogP contribution in [0.3, 0.4) is 0 Å². The van der Waals surface area contributed by atoms with Gasteiger partial charge in [-0.05, 0) is 24.6 Å². The lowest BCUT2D eigenvalue weighted by Crippen LogP contribution is -2.31. The zero-order valence-corrected chi connectivity index (χ0v) is 11.6. The monoisotopic (exact) mass is 287 g/mol. The van der Waals surface area contributed by atoms with Gasteiger partial charge in [0.1, 0.15) is 0 Å². The molecule has 6 nitrogen and oxygen atoms in total. The van der Waals surface area contributed by atoms with Gasteiger partial charge >= 0.3 is 5.97 Å². The average Bonchev–Trinajstić information content (AvgIpc) is 2.36. The summed E-state index contributed by atoms with van der Waals surface area (Å²) in [5.41, 5.74) is 0.553. The van der Waals surface area contributed by atoms with Crippen molar-refractivity contribution >= 4 is 16.0 Å². The number of methoxy groups -OCH3 is 1. The Morgan fingerprint density at radius 1 is 1.37 bits per heavy atom. The quantitative estimate of drug-likeness (QED) is 0.767. The number of aliphatic carboxylic acids is 1. The fourth-order valence-electron chi connectivity index (χ4n) is 1.35. The maximum atomic E-state index is 11.9.